The van der Waals surface area contributed by atoms with E-state index in [0.717, 1.165) is 0 Å². The smallest absolute Gasteiger partial charge is 0.308 e. The molecule has 1 fully saturated rings. The van der Waals surface area contributed by atoms with Gasteiger partial charge in [-0.05, 0) is 6.92 Å². The summed E-state index contributed by atoms with van der Waals surface area (Å²) in [5, 5.41) is 0. The SMILES string of the molecule is COC(=O)C[C@H]1C=C[C@@H]2O[C@H](C)OC[C@H]2O1. The van der Waals surface area contributed by atoms with Gasteiger partial charge in [-0.15, -0.1) is 0 Å². The number of carbonyl (C=O) groups excluding carboxylic acids is 1. The average Bonchev–Trinajstić information content (AvgIpc) is 2.29. The van der Waals surface area contributed by atoms with Gasteiger partial charge in [0.1, 0.15) is 12.2 Å². The van der Waals surface area contributed by atoms with Gasteiger partial charge in [0.25, 0.3) is 0 Å². The van der Waals surface area contributed by atoms with E-state index in [1.807, 2.05) is 19.1 Å². The summed E-state index contributed by atoms with van der Waals surface area (Å²) in [5.74, 6) is -0.279. The highest BCUT2D eigenvalue weighted by atomic mass is 16.7. The van der Waals surface area contributed by atoms with Crippen molar-refractivity contribution >= 4 is 5.97 Å². The molecule has 2 aliphatic heterocycles. The molecule has 2 rings (SSSR count). The molecule has 4 atom stereocenters. The van der Waals surface area contributed by atoms with Crippen LogP contribution in [0.1, 0.15) is 13.3 Å². The zero-order valence-corrected chi connectivity index (χ0v) is 9.42. The Balaban J connectivity index is 1.92. The number of rotatable bonds is 2. The van der Waals surface area contributed by atoms with Crippen LogP contribution in [-0.2, 0) is 23.7 Å². The minimum Gasteiger partial charge on any atom is -0.469 e. The van der Waals surface area contributed by atoms with E-state index < -0.39 is 0 Å². The normalized spacial score (nSPS) is 37.9. The van der Waals surface area contributed by atoms with Gasteiger partial charge in [-0.3, -0.25) is 4.79 Å². The molecule has 5 nitrogen and oxygen atoms in total. The van der Waals surface area contributed by atoms with Crippen molar-refractivity contribution in [1.29, 1.82) is 0 Å². The van der Waals surface area contributed by atoms with Crippen LogP contribution in [0.25, 0.3) is 0 Å². The minimum absolute atomic E-state index is 0.0716. The van der Waals surface area contributed by atoms with Crippen LogP contribution >= 0.6 is 0 Å². The summed E-state index contributed by atoms with van der Waals surface area (Å²) >= 11 is 0. The largest absolute Gasteiger partial charge is 0.469 e. The molecule has 0 bridgehead atoms. The molecule has 1 saturated heterocycles. The molecule has 2 aliphatic rings. The number of fused-ring (bicyclic) bond motifs is 1. The highest BCUT2D eigenvalue weighted by Gasteiger charge is 2.34. The van der Waals surface area contributed by atoms with E-state index in [-0.39, 0.29) is 37.0 Å². The van der Waals surface area contributed by atoms with Gasteiger partial charge >= 0.3 is 5.97 Å². The van der Waals surface area contributed by atoms with E-state index in [1.54, 1.807) is 0 Å². The first-order valence-corrected chi connectivity index (χ1v) is 5.36. The fourth-order valence-electron chi connectivity index (χ4n) is 1.83. The summed E-state index contributed by atoms with van der Waals surface area (Å²) in [7, 11) is 1.37. The van der Waals surface area contributed by atoms with Crippen LogP contribution in [0.4, 0.5) is 0 Å². The molecule has 90 valence electrons. The molecule has 0 N–H and O–H groups in total. The average molecular weight is 228 g/mol. The third-order valence-corrected chi connectivity index (χ3v) is 2.67. The van der Waals surface area contributed by atoms with Gasteiger partial charge in [0.2, 0.25) is 0 Å². The molecule has 0 saturated carbocycles. The lowest BCUT2D eigenvalue weighted by Crippen LogP contribution is -2.47. The minimum atomic E-state index is -0.279. The summed E-state index contributed by atoms with van der Waals surface area (Å²) in [5.41, 5.74) is 0. The zero-order chi connectivity index (χ0) is 11.5. The van der Waals surface area contributed by atoms with Crippen molar-refractivity contribution in [2.75, 3.05) is 13.7 Å². The second kappa shape index (κ2) is 4.95. The quantitative estimate of drug-likeness (QED) is 0.512. The van der Waals surface area contributed by atoms with E-state index in [1.165, 1.54) is 7.11 Å². The molecule has 0 aromatic heterocycles. The van der Waals surface area contributed by atoms with Crippen molar-refractivity contribution in [1.82, 2.24) is 0 Å². The van der Waals surface area contributed by atoms with E-state index in [9.17, 15) is 4.79 Å². The highest BCUT2D eigenvalue weighted by Crippen LogP contribution is 2.23. The van der Waals surface area contributed by atoms with Crippen molar-refractivity contribution in [2.24, 2.45) is 0 Å². The van der Waals surface area contributed by atoms with Crippen molar-refractivity contribution in [3.8, 4) is 0 Å². The van der Waals surface area contributed by atoms with Crippen LogP contribution in [0.15, 0.2) is 12.2 Å². The third-order valence-electron chi connectivity index (χ3n) is 2.67. The van der Waals surface area contributed by atoms with E-state index >= 15 is 0 Å². The number of hydrogen-bond donors (Lipinski definition) is 0. The molecular weight excluding hydrogens is 212 g/mol. The molecule has 0 amide bonds. The van der Waals surface area contributed by atoms with Crippen LogP contribution in [0.5, 0.6) is 0 Å². The first-order valence-electron chi connectivity index (χ1n) is 5.36. The monoisotopic (exact) mass is 228 g/mol. The fourth-order valence-corrected chi connectivity index (χ4v) is 1.83. The first kappa shape index (κ1) is 11.6. The number of methoxy groups -OCH3 is 1. The number of hydrogen-bond acceptors (Lipinski definition) is 5. The Morgan fingerprint density at radius 3 is 3.00 bits per heavy atom. The Labute approximate surface area is 94.3 Å². The van der Waals surface area contributed by atoms with Gasteiger partial charge in [-0.25, -0.2) is 0 Å². The number of ether oxygens (including phenoxy) is 4. The summed E-state index contributed by atoms with van der Waals surface area (Å²) in [6.07, 6.45) is 3.36. The molecule has 0 aromatic carbocycles. The summed E-state index contributed by atoms with van der Waals surface area (Å²) in [6.45, 7) is 2.35. The predicted octanol–water partition coefficient (Wildman–Crippen LogP) is 0.634. The standard InChI is InChI=1S/C11H16O5/c1-7-14-6-10-9(15-7)4-3-8(16-10)5-11(12)13-2/h3-4,7-10H,5-6H2,1-2H3/t7-,8-,9+,10-/m1/s1. The van der Waals surface area contributed by atoms with E-state index in [0.29, 0.717) is 6.61 Å². The predicted molar refractivity (Wildman–Crippen MR) is 54.7 cm³/mol. The summed E-state index contributed by atoms with van der Waals surface area (Å²) in [4.78, 5) is 11.1. The van der Waals surface area contributed by atoms with Crippen LogP contribution in [-0.4, -0.2) is 44.3 Å². The Morgan fingerprint density at radius 2 is 2.25 bits per heavy atom. The molecule has 0 aromatic rings. The van der Waals surface area contributed by atoms with Crippen LogP contribution in [0.2, 0.25) is 0 Å². The third kappa shape index (κ3) is 2.61. The van der Waals surface area contributed by atoms with Gasteiger partial charge in [0.15, 0.2) is 6.29 Å². The van der Waals surface area contributed by atoms with Gasteiger partial charge in [-0.2, -0.15) is 0 Å². The molecule has 0 radical (unpaired) electrons. The van der Waals surface area contributed by atoms with Crippen molar-refractivity contribution in [3.63, 3.8) is 0 Å². The van der Waals surface area contributed by atoms with Gasteiger partial charge < -0.3 is 18.9 Å². The van der Waals surface area contributed by atoms with Gasteiger partial charge in [-0.1, -0.05) is 12.2 Å². The van der Waals surface area contributed by atoms with E-state index in [4.69, 9.17) is 14.2 Å². The van der Waals surface area contributed by atoms with Gasteiger partial charge in [0.05, 0.1) is 26.2 Å². The molecule has 16 heavy (non-hydrogen) atoms. The second-order valence-corrected chi connectivity index (χ2v) is 3.88. The lowest BCUT2D eigenvalue weighted by molar-refractivity contribution is -0.251. The molecule has 0 spiro atoms. The lowest BCUT2D eigenvalue weighted by atomic mass is 10.1. The highest BCUT2D eigenvalue weighted by molar-refractivity contribution is 5.70. The molecule has 5 heteroatoms. The second-order valence-electron chi connectivity index (χ2n) is 3.88. The van der Waals surface area contributed by atoms with Crippen molar-refractivity contribution in [2.45, 2.75) is 37.9 Å². The Hall–Kier alpha value is -0.910. The molecule has 2 heterocycles. The van der Waals surface area contributed by atoms with Gasteiger partial charge in [0, 0.05) is 0 Å². The number of carbonyl (C=O) groups is 1. The number of esters is 1. The maximum Gasteiger partial charge on any atom is 0.308 e. The molecule has 0 unspecified atom stereocenters. The Kier molecular flexibility index (Phi) is 3.58. The Bertz CT molecular complexity index is 288. The van der Waals surface area contributed by atoms with E-state index in [2.05, 4.69) is 4.74 Å². The van der Waals surface area contributed by atoms with Crippen LogP contribution < -0.4 is 0 Å². The van der Waals surface area contributed by atoms with Crippen molar-refractivity contribution in [3.05, 3.63) is 12.2 Å². The summed E-state index contributed by atoms with van der Waals surface area (Å²) < 4.78 is 21.1. The first-order chi connectivity index (χ1) is 7.69. The lowest BCUT2D eigenvalue weighted by Gasteiger charge is -2.37. The Morgan fingerprint density at radius 1 is 1.44 bits per heavy atom. The van der Waals surface area contributed by atoms with Crippen LogP contribution in [0, 0.1) is 0 Å². The molecular formula is C11H16O5. The fraction of sp³-hybridized carbons (Fsp3) is 0.727. The summed E-state index contributed by atoms with van der Waals surface area (Å²) in [6, 6.07) is 0. The topological polar surface area (TPSA) is 54.0 Å². The van der Waals surface area contributed by atoms with Crippen LogP contribution in [0.3, 0.4) is 0 Å². The maximum atomic E-state index is 11.1. The van der Waals surface area contributed by atoms with Crippen molar-refractivity contribution < 1.29 is 23.7 Å². The molecule has 0 aliphatic carbocycles. The maximum absolute atomic E-state index is 11.1. The zero-order valence-electron chi connectivity index (χ0n) is 9.42.